The standard InChI is InChI=1S/C26H24N6O4S/c33-23-21(37-26(35)30-23)15-20-16-22(36-17-18-7-3-1-4-8-18)29-24(27-20)31-11-13-32(14-12-31)25(34)28-19-9-5-2-6-10-19/h1-10,15-16H,11-14,17H2,(H,28,34)(H,30,33,35). The SMILES string of the molecule is O=C1NC(=O)C(=Cc2cc(OCc3ccccc3)nc(N3CCN(C(=O)Nc4ccccc4)CC3)n2)S1. The molecule has 37 heavy (non-hydrogen) atoms. The second-order valence-electron chi connectivity index (χ2n) is 8.33. The summed E-state index contributed by atoms with van der Waals surface area (Å²) in [5.74, 6) is 0.315. The number of ether oxygens (including phenoxy) is 1. The first-order chi connectivity index (χ1) is 18.0. The van der Waals surface area contributed by atoms with E-state index in [4.69, 9.17) is 4.74 Å². The van der Waals surface area contributed by atoms with Crippen molar-refractivity contribution in [3.8, 4) is 5.88 Å². The first-order valence-corrected chi connectivity index (χ1v) is 12.5. The molecule has 4 amide bonds. The summed E-state index contributed by atoms with van der Waals surface area (Å²) in [7, 11) is 0. The number of carbonyl (C=O) groups excluding carboxylic acids is 3. The van der Waals surface area contributed by atoms with Crippen molar-refractivity contribution in [2.45, 2.75) is 6.61 Å². The zero-order chi connectivity index (χ0) is 25.6. The van der Waals surface area contributed by atoms with Gasteiger partial charge in [-0.3, -0.25) is 14.9 Å². The Balaban J connectivity index is 1.31. The lowest BCUT2D eigenvalue weighted by Crippen LogP contribution is -2.50. The minimum atomic E-state index is -0.458. The number of piperazine rings is 1. The summed E-state index contributed by atoms with van der Waals surface area (Å²) in [5.41, 5.74) is 2.17. The van der Waals surface area contributed by atoms with Crippen LogP contribution in [0, 0.1) is 0 Å². The molecule has 0 saturated carbocycles. The van der Waals surface area contributed by atoms with Gasteiger partial charge in [-0.05, 0) is 35.5 Å². The minimum Gasteiger partial charge on any atom is -0.473 e. The summed E-state index contributed by atoms with van der Waals surface area (Å²) in [4.78, 5) is 49.5. The van der Waals surface area contributed by atoms with Crippen LogP contribution >= 0.6 is 11.8 Å². The number of nitrogens with zero attached hydrogens (tertiary/aromatic N) is 4. The van der Waals surface area contributed by atoms with E-state index in [1.807, 2.05) is 65.6 Å². The molecule has 188 valence electrons. The number of aromatic nitrogens is 2. The van der Waals surface area contributed by atoms with Crippen LogP contribution in [-0.2, 0) is 11.4 Å². The maximum absolute atomic E-state index is 12.7. The van der Waals surface area contributed by atoms with Crippen molar-refractivity contribution >= 4 is 46.7 Å². The molecule has 2 fully saturated rings. The molecule has 2 aliphatic heterocycles. The number of urea groups is 1. The van der Waals surface area contributed by atoms with E-state index in [0.29, 0.717) is 50.3 Å². The number of para-hydroxylation sites is 1. The fourth-order valence-electron chi connectivity index (χ4n) is 3.84. The Labute approximate surface area is 217 Å². The lowest BCUT2D eigenvalue weighted by molar-refractivity contribution is -0.115. The molecule has 2 N–H and O–H groups in total. The summed E-state index contributed by atoms with van der Waals surface area (Å²) in [5, 5.41) is 4.73. The number of nitrogens with one attached hydrogen (secondary N) is 2. The normalized spacial score (nSPS) is 16.6. The maximum atomic E-state index is 12.7. The van der Waals surface area contributed by atoms with Gasteiger partial charge in [-0.2, -0.15) is 4.98 Å². The van der Waals surface area contributed by atoms with Crippen LogP contribution in [0.25, 0.3) is 6.08 Å². The summed E-state index contributed by atoms with van der Waals surface area (Å²) in [6.07, 6.45) is 1.55. The van der Waals surface area contributed by atoms with E-state index in [-0.39, 0.29) is 10.9 Å². The summed E-state index contributed by atoms with van der Waals surface area (Å²) >= 11 is 0.826. The Kier molecular flexibility index (Phi) is 7.31. The Morgan fingerprint density at radius 2 is 1.70 bits per heavy atom. The van der Waals surface area contributed by atoms with Gasteiger partial charge in [0.15, 0.2) is 0 Å². The van der Waals surface area contributed by atoms with Crippen LogP contribution in [0.4, 0.5) is 21.2 Å². The second kappa shape index (κ2) is 11.1. The van der Waals surface area contributed by atoms with Crippen LogP contribution < -0.4 is 20.3 Å². The Hall–Kier alpha value is -4.38. The summed E-state index contributed by atoms with van der Waals surface area (Å²) in [6, 6.07) is 20.5. The third-order valence-corrected chi connectivity index (χ3v) is 6.55. The molecule has 0 unspecified atom stereocenters. The smallest absolute Gasteiger partial charge is 0.321 e. The van der Waals surface area contributed by atoms with Crippen molar-refractivity contribution in [3.63, 3.8) is 0 Å². The highest BCUT2D eigenvalue weighted by Gasteiger charge is 2.26. The van der Waals surface area contributed by atoms with Crippen LogP contribution in [0.2, 0.25) is 0 Å². The molecule has 2 saturated heterocycles. The van der Waals surface area contributed by atoms with Crippen molar-refractivity contribution in [1.29, 1.82) is 0 Å². The minimum absolute atomic E-state index is 0.161. The molecule has 3 aromatic rings. The molecule has 0 aliphatic carbocycles. The lowest BCUT2D eigenvalue weighted by atomic mass is 10.2. The van der Waals surface area contributed by atoms with E-state index in [1.165, 1.54) is 0 Å². The average molecular weight is 517 g/mol. The fraction of sp³-hybridized carbons (Fsp3) is 0.192. The quantitative estimate of drug-likeness (QED) is 0.476. The van der Waals surface area contributed by atoms with Crippen molar-refractivity contribution in [2.24, 2.45) is 0 Å². The monoisotopic (exact) mass is 516 g/mol. The topological polar surface area (TPSA) is 117 Å². The molecular weight excluding hydrogens is 492 g/mol. The van der Waals surface area contributed by atoms with Gasteiger partial charge in [0.1, 0.15) is 6.61 Å². The Morgan fingerprint density at radius 3 is 2.38 bits per heavy atom. The van der Waals surface area contributed by atoms with E-state index in [1.54, 1.807) is 17.0 Å². The molecule has 0 bridgehead atoms. The number of thioether (sulfide) groups is 1. The molecule has 5 rings (SSSR count). The number of imide groups is 1. The first-order valence-electron chi connectivity index (χ1n) is 11.7. The van der Waals surface area contributed by atoms with Crippen LogP contribution in [-0.4, -0.2) is 58.2 Å². The number of hydrogen-bond acceptors (Lipinski definition) is 8. The van der Waals surface area contributed by atoms with Crippen molar-refractivity contribution in [1.82, 2.24) is 20.2 Å². The zero-order valence-electron chi connectivity index (χ0n) is 19.8. The number of anilines is 2. The molecule has 0 atom stereocenters. The molecule has 0 spiro atoms. The number of amides is 4. The summed E-state index contributed by atoms with van der Waals surface area (Å²) < 4.78 is 5.95. The molecule has 3 heterocycles. The Morgan fingerprint density at radius 1 is 1.00 bits per heavy atom. The lowest BCUT2D eigenvalue weighted by Gasteiger charge is -2.34. The summed E-state index contributed by atoms with van der Waals surface area (Å²) in [6.45, 7) is 2.33. The van der Waals surface area contributed by atoms with Crippen LogP contribution in [0.15, 0.2) is 71.6 Å². The van der Waals surface area contributed by atoms with E-state index < -0.39 is 11.1 Å². The van der Waals surface area contributed by atoms with Crippen molar-refractivity contribution < 1.29 is 19.1 Å². The first kappa shape index (κ1) is 24.3. The highest BCUT2D eigenvalue weighted by molar-refractivity contribution is 8.18. The van der Waals surface area contributed by atoms with Gasteiger partial charge in [0.25, 0.3) is 11.1 Å². The molecule has 0 radical (unpaired) electrons. The maximum Gasteiger partial charge on any atom is 0.321 e. The predicted octanol–water partition coefficient (Wildman–Crippen LogP) is 3.73. The van der Waals surface area contributed by atoms with Gasteiger partial charge in [-0.1, -0.05) is 48.5 Å². The average Bonchev–Trinajstić information content (AvgIpc) is 3.24. The van der Waals surface area contributed by atoms with Gasteiger partial charge < -0.3 is 19.9 Å². The third-order valence-electron chi connectivity index (χ3n) is 5.74. The third kappa shape index (κ3) is 6.25. The molecular formula is C26H24N6O4S. The van der Waals surface area contributed by atoms with Gasteiger partial charge in [-0.25, -0.2) is 9.78 Å². The van der Waals surface area contributed by atoms with Gasteiger partial charge in [0.2, 0.25) is 11.8 Å². The van der Waals surface area contributed by atoms with Crippen LogP contribution in [0.3, 0.4) is 0 Å². The van der Waals surface area contributed by atoms with Crippen molar-refractivity contribution in [3.05, 3.63) is 82.9 Å². The van der Waals surface area contributed by atoms with E-state index in [2.05, 4.69) is 20.6 Å². The number of benzene rings is 2. The zero-order valence-corrected chi connectivity index (χ0v) is 20.6. The molecule has 11 heteroatoms. The highest BCUT2D eigenvalue weighted by atomic mass is 32.2. The number of hydrogen-bond donors (Lipinski definition) is 2. The van der Waals surface area contributed by atoms with Gasteiger partial charge in [-0.15, -0.1) is 0 Å². The van der Waals surface area contributed by atoms with Crippen LogP contribution in [0.1, 0.15) is 11.3 Å². The molecule has 2 aliphatic rings. The van der Waals surface area contributed by atoms with Crippen LogP contribution in [0.5, 0.6) is 5.88 Å². The second-order valence-corrected chi connectivity index (χ2v) is 9.34. The van der Waals surface area contributed by atoms with Crippen molar-refractivity contribution in [2.75, 3.05) is 36.4 Å². The number of rotatable bonds is 6. The predicted molar refractivity (Wildman–Crippen MR) is 141 cm³/mol. The van der Waals surface area contributed by atoms with Gasteiger partial charge in [0, 0.05) is 37.9 Å². The molecule has 10 nitrogen and oxygen atoms in total. The van der Waals surface area contributed by atoms with Gasteiger partial charge in [0.05, 0.1) is 10.6 Å². The fourth-order valence-corrected chi connectivity index (χ4v) is 4.51. The molecule has 1 aromatic heterocycles. The molecule has 2 aromatic carbocycles. The van der Waals surface area contributed by atoms with E-state index in [9.17, 15) is 14.4 Å². The number of carbonyl (C=O) groups is 3. The largest absolute Gasteiger partial charge is 0.473 e. The Bertz CT molecular complexity index is 1330. The van der Waals surface area contributed by atoms with E-state index in [0.717, 1.165) is 23.0 Å². The van der Waals surface area contributed by atoms with E-state index >= 15 is 0 Å². The highest BCUT2D eigenvalue weighted by Crippen LogP contribution is 2.27. The van der Waals surface area contributed by atoms with Gasteiger partial charge >= 0.3 is 6.03 Å².